The van der Waals surface area contributed by atoms with Crippen molar-refractivity contribution in [2.24, 2.45) is 0 Å². The molecule has 0 bridgehead atoms. The average Bonchev–Trinajstić information content (AvgIpc) is 2.36. The molecule has 2 unspecified atom stereocenters. The molecular formula is C15H24BrNO2. The minimum atomic E-state index is -0.646. The molecule has 1 rings (SSSR count). The fourth-order valence-electron chi connectivity index (χ4n) is 2.07. The van der Waals surface area contributed by atoms with E-state index in [0.29, 0.717) is 6.54 Å². The SMILES string of the molecule is CCCC(C)(O)CNC(C)c1ccc(OC)c(Br)c1. The third kappa shape index (κ3) is 5.13. The first-order valence-electron chi connectivity index (χ1n) is 6.69. The van der Waals surface area contributed by atoms with Crippen LogP contribution in [-0.2, 0) is 0 Å². The summed E-state index contributed by atoms with van der Waals surface area (Å²) in [5.41, 5.74) is 0.521. The molecule has 0 radical (unpaired) electrons. The zero-order chi connectivity index (χ0) is 14.5. The average molecular weight is 330 g/mol. The zero-order valence-corrected chi connectivity index (χ0v) is 13.8. The Kier molecular flexibility index (Phi) is 6.30. The third-order valence-corrected chi connectivity index (χ3v) is 3.87. The van der Waals surface area contributed by atoms with E-state index in [1.165, 1.54) is 5.56 Å². The second-order valence-electron chi connectivity index (χ2n) is 5.24. The van der Waals surface area contributed by atoms with Crippen molar-refractivity contribution in [3.05, 3.63) is 28.2 Å². The molecule has 3 nitrogen and oxygen atoms in total. The summed E-state index contributed by atoms with van der Waals surface area (Å²) in [4.78, 5) is 0. The van der Waals surface area contributed by atoms with E-state index in [1.54, 1.807) is 7.11 Å². The maximum absolute atomic E-state index is 10.2. The maximum atomic E-state index is 10.2. The van der Waals surface area contributed by atoms with E-state index in [1.807, 2.05) is 25.1 Å². The van der Waals surface area contributed by atoms with Gasteiger partial charge in [0.25, 0.3) is 0 Å². The zero-order valence-electron chi connectivity index (χ0n) is 12.2. The molecule has 4 heteroatoms. The number of aliphatic hydroxyl groups is 1. The summed E-state index contributed by atoms with van der Waals surface area (Å²) >= 11 is 3.49. The molecule has 1 aromatic carbocycles. The molecule has 0 aliphatic carbocycles. The molecule has 108 valence electrons. The number of rotatable bonds is 7. The van der Waals surface area contributed by atoms with Crippen molar-refractivity contribution < 1.29 is 9.84 Å². The normalized spacial score (nSPS) is 15.9. The van der Waals surface area contributed by atoms with E-state index in [9.17, 15) is 5.11 Å². The number of ether oxygens (including phenoxy) is 1. The van der Waals surface area contributed by atoms with Crippen LogP contribution in [0.15, 0.2) is 22.7 Å². The van der Waals surface area contributed by atoms with Gasteiger partial charge < -0.3 is 15.2 Å². The van der Waals surface area contributed by atoms with Gasteiger partial charge in [-0.25, -0.2) is 0 Å². The van der Waals surface area contributed by atoms with Crippen LogP contribution in [0.1, 0.15) is 45.2 Å². The Morgan fingerprint density at radius 2 is 2.16 bits per heavy atom. The van der Waals surface area contributed by atoms with Crippen LogP contribution < -0.4 is 10.1 Å². The van der Waals surface area contributed by atoms with Crippen molar-refractivity contribution in [1.82, 2.24) is 5.32 Å². The molecule has 0 aromatic heterocycles. The van der Waals surface area contributed by atoms with Gasteiger partial charge in [-0.05, 0) is 53.9 Å². The molecule has 0 saturated carbocycles. The number of hydrogen-bond acceptors (Lipinski definition) is 3. The summed E-state index contributed by atoms with van der Waals surface area (Å²) in [6.45, 7) is 6.64. The molecule has 0 fully saturated rings. The van der Waals surface area contributed by atoms with Crippen molar-refractivity contribution in [3.63, 3.8) is 0 Å². The highest BCUT2D eigenvalue weighted by atomic mass is 79.9. The Morgan fingerprint density at radius 3 is 2.68 bits per heavy atom. The number of hydrogen-bond donors (Lipinski definition) is 2. The largest absolute Gasteiger partial charge is 0.496 e. The second-order valence-corrected chi connectivity index (χ2v) is 6.10. The van der Waals surface area contributed by atoms with Crippen LogP contribution in [0.3, 0.4) is 0 Å². The number of methoxy groups -OCH3 is 1. The fourth-order valence-corrected chi connectivity index (χ4v) is 2.63. The first-order valence-corrected chi connectivity index (χ1v) is 7.48. The Hall–Kier alpha value is -0.580. The lowest BCUT2D eigenvalue weighted by Crippen LogP contribution is -2.38. The van der Waals surface area contributed by atoms with E-state index in [2.05, 4.69) is 35.1 Å². The Morgan fingerprint density at radius 1 is 1.47 bits per heavy atom. The van der Waals surface area contributed by atoms with Crippen molar-refractivity contribution in [3.8, 4) is 5.75 Å². The fraction of sp³-hybridized carbons (Fsp3) is 0.600. The molecule has 0 heterocycles. The lowest BCUT2D eigenvalue weighted by atomic mass is 9.99. The molecule has 0 saturated heterocycles. The van der Waals surface area contributed by atoms with E-state index in [0.717, 1.165) is 23.1 Å². The van der Waals surface area contributed by atoms with Crippen LogP contribution in [0.25, 0.3) is 0 Å². The molecule has 0 aliphatic rings. The molecule has 2 atom stereocenters. The third-order valence-electron chi connectivity index (χ3n) is 3.25. The van der Waals surface area contributed by atoms with Crippen LogP contribution in [0, 0.1) is 0 Å². The minimum absolute atomic E-state index is 0.186. The van der Waals surface area contributed by atoms with Crippen molar-refractivity contribution in [2.45, 2.75) is 45.3 Å². The Bertz CT molecular complexity index is 407. The lowest BCUT2D eigenvalue weighted by molar-refractivity contribution is 0.0476. The number of nitrogens with one attached hydrogen (secondary N) is 1. The van der Waals surface area contributed by atoms with E-state index < -0.39 is 5.60 Å². The van der Waals surface area contributed by atoms with Gasteiger partial charge in [-0.1, -0.05) is 19.4 Å². The molecular weight excluding hydrogens is 306 g/mol. The monoisotopic (exact) mass is 329 g/mol. The van der Waals surface area contributed by atoms with Gasteiger partial charge in [0.05, 0.1) is 17.2 Å². The van der Waals surface area contributed by atoms with Crippen molar-refractivity contribution in [1.29, 1.82) is 0 Å². The predicted molar refractivity (Wildman–Crippen MR) is 82.6 cm³/mol. The summed E-state index contributed by atoms with van der Waals surface area (Å²) in [5, 5.41) is 13.5. The van der Waals surface area contributed by atoms with E-state index in [-0.39, 0.29) is 6.04 Å². The second kappa shape index (κ2) is 7.27. The molecule has 0 amide bonds. The number of benzene rings is 1. The van der Waals surface area contributed by atoms with Crippen molar-refractivity contribution >= 4 is 15.9 Å². The van der Waals surface area contributed by atoms with Crippen molar-refractivity contribution in [2.75, 3.05) is 13.7 Å². The van der Waals surface area contributed by atoms with Gasteiger partial charge >= 0.3 is 0 Å². The minimum Gasteiger partial charge on any atom is -0.496 e. The van der Waals surface area contributed by atoms with Gasteiger partial charge in [0, 0.05) is 12.6 Å². The van der Waals surface area contributed by atoms with Gasteiger partial charge in [-0.2, -0.15) is 0 Å². The van der Waals surface area contributed by atoms with Gasteiger partial charge in [-0.3, -0.25) is 0 Å². The van der Waals surface area contributed by atoms with Crippen LogP contribution in [0.4, 0.5) is 0 Å². The highest BCUT2D eigenvalue weighted by Gasteiger charge is 2.20. The number of halogens is 1. The van der Waals surface area contributed by atoms with Crippen LogP contribution in [0.5, 0.6) is 5.75 Å². The van der Waals surface area contributed by atoms with E-state index in [4.69, 9.17) is 4.74 Å². The first kappa shape index (κ1) is 16.5. The standard InChI is InChI=1S/C15H24BrNO2/c1-5-8-15(3,18)10-17-11(2)12-6-7-14(19-4)13(16)9-12/h6-7,9,11,17-18H,5,8,10H2,1-4H3. The lowest BCUT2D eigenvalue weighted by Gasteiger charge is -2.26. The van der Waals surface area contributed by atoms with Gasteiger partial charge in [0.2, 0.25) is 0 Å². The van der Waals surface area contributed by atoms with Crippen LogP contribution in [-0.4, -0.2) is 24.4 Å². The topological polar surface area (TPSA) is 41.5 Å². The maximum Gasteiger partial charge on any atom is 0.133 e. The summed E-state index contributed by atoms with van der Waals surface area (Å²) in [5.74, 6) is 0.828. The van der Waals surface area contributed by atoms with E-state index >= 15 is 0 Å². The molecule has 19 heavy (non-hydrogen) atoms. The highest BCUT2D eigenvalue weighted by Crippen LogP contribution is 2.28. The molecule has 0 aliphatic heterocycles. The van der Waals surface area contributed by atoms with Gasteiger partial charge in [0.15, 0.2) is 0 Å². The summed E-state index contributed by atoms with van der Waals surface area (Å²) in [6.07, 6.45) is 1.79. The smallest absolute Gasteiger partial charge is 0.133 e. The predicted octanol–water partition coefficient (Wildman–Crippen LogP) is 3.66. The quantitative estimate of drug-likeness (QED) is 0.802. The van der Waals surface area contributed by atoms with Gasteiger partial charge in [-0.15, -0.1) is 0 Å². The highest BCUT2D eigenvalue weighted by molar-refractivity contribution is 9.10. The first-order chi connectivity index (χ1) is 8.89. The van der Waals surface area contributed by atoms with Crippen LogP contribution >= 0.6 is 15.9 Å². The van der Waals surface area contributed by atoms with Crippen LogP contribution in [0.2, 0.25) is 0 Å². The molecule has 2 N–H and O–H groups in total. The molecule has 1 aromatic rings. The van der Waals surface area contributed by atoms with Gasteiger partial charge in [0.1, 0.15) is 5.75 Å². The summed E-state index contributed by atoms with van der Waals surface area (Å²) < 4.78 is 6.16. The Labute approximate surface area is 124 Å². The Balaban J connectivity index is 2.63. The summed E-state index contributed by atoms with van der Waals surface area (Å²) in [7, 11) is 1.66. The summed E-state index contributed by atoms with van der Waals surface area (Å²) in [6, 6.07) is 6.22. The molecule has 0 spiro atoms.